The third kappa shape index (κ3) is 2.35. The van der Waals surface area contributed by atoms with Gasteiger partial charge < -0.3 is 4.52 Å². The molecule has 0 aromatic carbocycles. The van der Waals surface area contributed by atoms with E-state index in [1.165, 1.54) is 44.9 Å². The zero-order valence-electron chi connectivity index (χ0n) is 10.1. The summed E-state index contributed by atoms with van der Waals surface area (Å²) in [5.74, 6) is 4.16. The van der Waals surface area contributed by atoms with Crippen LogP contribution in [-0.4, -0.2) is 10.1 Å². The van der Waals surface area contributed by atoms with Crippen LogP contribution in [0.5, 0.6) is 0 Å². The molecular formula is C13H19ClN2O. The Hall–Kier alpha value is -0.570. The molecule has 2 aliphatic carbocycles. The number of hydrogen-bond acceptors (Lipinski definition) is 3. The standard InChI is InChI=1S/C13H19ClN2O/c14-8-12-15-13(17-16-12)11-6-5-9-3-1-2-4-10(9)7-11/h9-11H,1-8H2. The Morgan fingerprint density at radius 1 is 1.12 bits per heavy atom. The lowest BCUT2D eigenvalue weighted by atomic mass is 9.67. The van der Waals surface area contributed by atoms with Crippen molar-refractivity contribution in [1.29, 1.82) is 0 Å². The number of nitrogens with zero attached hydrogens (tertiary/aromatic N) is 2. The van der Waals surface area contributed by atoms with Crippen LogP contribution in [0.3, 0.4) is 0 Å². The molecule has 0 saturated heterocycles. The Balaban J connectivity index is 1.68. The van der Waals surface area contributed by atoms with Gasteiger partial charge in [-0.25, -0.2) is 0 Å². The Labute approximate surface area is 107 Å². The van der Waals surface area contributed by atoms with E-state index in [-0.39, 0.29) is 0 Å². The van der Waals surface area contributed by atoms with Crippen LogP contribution in [0.15, 0.2) is 4.52 Å². The average Bonchev–Trinajstić information content (AvgIpc) is 2.87. The second kappa shape index (κ2) is 4.97. The molecular weight excluding hydrogens is 236 g/mol. The first-order valence-corrected chi connectivity index (χ1v) is 7.28. The highest BCUT2D eigenvalue weighted by Gasteiger charge is 2.34. The van der Waals surface area contributed by atoms with Gasteiger partial charge in [-0.15, -0.1) is 11.6 Å². The van der Waals surface area contributed by atoms with Gasteiger partial charge in [0.15, 0.2) is 5.82 Å². The quantitative estimate of drug-likeness (QED) is 0.752. The highest BCUT2D eigenvalue weighted by atomic mass is 35.5. The second-order valence-corrected chi connectivity index (χ2v) is 5.76. The van der Waals surface area contributed by atoms with E-state index < -0.39 is 0 Å². The molecule has 4 heteroatoms. The normalized spacial score (nSPS) is 33.4. The summed E-state index contributed by atoms with van der Waals surface area (Å²) in [4.78, 5) is 4.38. The second-order valence-electron chi connectivity index (χ2n) is 5.50. The molecule has 1 heterocycles. The third-order valence-corrected chi connectivity index (χ3v) is 4.73. The van der Waals surface area contributed by atoms with Gasteiger partial charge in [0.05, 0.1) is 5.88 Å². The van der Waals surface area contributed by atoms with Gasteiger partial charge >= 0.3 is 0 Å². The lowest BCUT2D eigenvalue weighted by Gasteiger charge is -2.38. The van der Waals surface area contributed by atoms with Crippen molar-refractivity contribution in [2.24, 2.45) is 11.8 Å². The smallest absolute Gasteiger partial charge is 0.229 e. The molecule has 2 saturated carbocycles. The van der Waals surface area contributed by atoms with E-state index in [9.17, 15) is 0 Å². The number of halogens is 1. The summed E-state index contributed by atoms with van der Waals surface area (Å²) in [6.45, 7) is 0. The summed E-state index contributed by atoms with van der Waals surface area (Å²) in [5, 5.41) is 3.90. The summed E-state index contributed by atoms with van der Waals surface area (Å²) >= 11 is 5.70. The third-order valence-electron chi connectivity index (χ3n) is 4.49. The average molecular weight is 255 g/mol. The first-order valence-electron chi connectivity index (χ1n) is 6.75. The van der Waals surface area contributed by atoms with Crippen LogP contribution in [-0.2, 0) is 5.88 Å². The maximum absolute atomic E-state index is 5.70. The van der Waals surface area contributed by atoms with Gasteiger partial charge in [-0.05, 0) is 31.1 Å². The molecule has 0 N–H and O–H groups in total. The van der Waals surface area contributed by atoms with Crippen molar-refractivity contribution in [3.63, 3.8) is 0 Å². The summed E-state index contributed by atoms with van der Waals surface area (Å²) in [5.41, 5.74) is 0. The highest BCUT2D eigenvalue weighted by Crippen LogP contribution is 2.45. The molecule has 3 unspecified atom stereocenters. The molecule has 1 aromatic rings. The first-order chi connectivity index (χ1) is 8.36. The minimum absolute atomic E-state index is 0.349. The molecule has 3 rings (SSSR count). The topological polar surface area (TPSA) is 38.9 Å². The van der Waals surface area contributed by atoms with Crippen molar-refractivity contribution in [2.45, 2.75) is 56.7 Å². The SMILES string of the molecule is ClCc1noc(C2CCC3CCCCC3C2)n1. The minimum atomic E-state index is 0.349. The molecule has 0 aliphatic heterocycles. The first kappa shape index (κ1) is 11.5. The van der Waals surface area contributed by atoms with Gasteiger partial charge in [0, 0.05) is 5.92 Å². The molecule has 3 nitrogen and oxygen atoms in total. The van der Waals surface area contributed by atoms with Gasteiger partial charge in [0.25, 0.3) is 0 Å². The molecule has 0 spiro atoms. The van der Waals surface area contributed by atoms with E-state index in [1.54, 1.807) is 0 Å². The predicted octanol–water partition coefficient (Wildman–Crippen LogP) is 3.88. The maximum Gasteiger partial charge on any atom is 0.229 e. The van der Waals surface area contributed by atoms with Crippen molar-refractivity contribution in [2.75, 3.05) is 0 Å². The zero-order chi connectivity index (χ0) is 11.7. The van der Waals surface area contributed by atoms with Crippen LogP contribution >= 0.6 is 11.6 Å². The van der Waals surface area contributed by atoms with Crippen molar-refractivity contribution in [3.05, 3.63) is 11.7 Å². The van der Waals surface area contributed by atoms with Crippen LogP contribution in [0.25, 0.3) is 0 Å². The fourth-order valence-corrected chi connectivity index (χ4v) is 3.69. The summed E-state index contributed by atoms with van der Waals surface area (Å²) in [6.07, 6.45) is 9.48. The minimum Gasteiger partial charge on any atom is -0.339 e. The molecule has 0 radical (unpaired) electrons. The zero-order valence-corrected chi connectivity index (χ0v) is 10.8. The van der Waals surface area contributed by atoms with Crippen LogP contribution < -0.4 is 0 Å². The van der Waals surface area contributed by atoms with E-state index in [1.807, 2.05) is 0 Å². The number of alkyl halides is 1. The van der Waals surface area contributed by atoms with E-state index in [2.05, 4.69) is 10.1 Å². The largest absolute Gasteiger partial charge is 0.339 e. The number of aromatic nitrogens is 2. The van der Waals surface area contributed by atoms with Gasteiger partial charge in [0.2, 0.25) is 5.89 Å². The summed E-state index contributed by atoms with van der Waals surface area (Å²) in [7, 11) is 0. The molecule has 2 fully saturated rings. The Kier molecular flexibility index (Phi) is 3.37. The van der Waals surface area contributed by atoms with Gasteiger partial charge in [-0.1, -0.05) is 30.8 Å². The van der Waals surface area contributed by atoms with E-state index >= 15 is 0 Å². The van der Waals surface area contributed by atoms with E-state index in [0.29, 0.717) is 17.6 Å². The van der Waals surface area contributed by atoms with E-state index in [4.69, 9.17) is 16.1 Å². The van der Waals surface area contributed by atoms with E-state index in [0.717, 1.165) is 17.7 Å². The van der Waals surface area contributed by atoms with Crippen LogP contribution in [0.2, 0.25) is 0 Å². The lowest BCUT2D eigenvalue weighted by Crippen LogP contribution is -2.26. The Morgan fingerprint density at radius 3 is 2.71 bits per heavy atom. The number of rotatable bonds is 2. The monoisotopic (exact) mass is 254 g/mol. The van der Waals surface area contributed by atoms with Crippen LogP contribution in [0.1, 0.15) is 62.6 Å². The predicted molar refractivity (Wildman–Crippen MR) is 65.9 cm³/mol. The molecule has 1 aromatic heterocycles. The van der Waals surface area contributed by atoms with Gasteiger partial charge in [-0.3, -0.25) is 0 Å². The maximum atomic E-state index is 5.70. The summed E-state index contributed by atoms with van der Waals surface area (Å²) < 4.78 is 5.33. The molecule has 2 aliphatic rings. The van der Waals surface area contributed by atoms with Crippen molar-refractivity contribution < 1.29 is 4.52 Å². The Morgan fingerprint density at radius 2 is 1.94 bits per heavy atom. The van der Waals surface area contributed by atoms with Crippen molar-refractivity contribution >= 4 is 11.6 Å². The fraction of sp³-hybridized carbons (Fsp3) is 0.846. The highest BCUT2D eigenvalue weighted by molar-refractivity contribution is 6.16. The van der Waals surface area contributed by atoms with Gasteiger partial charge in [-0.2, -0.15) is 4.98 Å². The molecule has 0 bridgehead atoms. The van der Waals surface area contributed by atoms with Crippen molar-refractivity contribution in [1.82, 2.24) is 10.1 Å². The van der Waals surface area contributed by atoms with Gasteiger partial charge in [0.1, 0.15) is 0 Å². The number of fused-ring (bicyclic) bond motifs is 1. The van der Waals surface area contributed by atoms with Crippen LogP contribution in [0.4, 0.5) is 0 Å². The summed E-state index contributed by atoms with van der Waals surface area (Å²) in [6, 6.07) is 0. The lowest BCUT2D eigenvalue weighted by molar-refractivity contribution is 0.142. The molecule has 17 heavy (non-hydrogen) atoms. The Bertz CT molecular complexity index is 379. The van der Waals surface area contributed by atoms with Crippen molar-refractivity contribution in [3.8, 4) is 0 Å². The fourth-order valence-electron chi connectivity index (χ4n) is 3.59. The number of hydrogen-bond donors (Lipinski definition) is 0. The molecule has 94 valence electrons. The molecule has 0 amide bonds. The molecule has 3 atom stereocenters. The van der Waals surface area contributed by atoms with Crippen LogP contribution in [0, 0.1) is 11.8 Å².